The van der Waals surface area contributed by atoms with Gasteiger partial charge in [0.05, 0.1) is 6.61 Å². The van der Waals surface area contributed by atoms with E-state index in [9.17, 15) is 0 Å². The van der Waals surface area contributed by atoms with Crippen molar-refractivity contribution in [3.05, 3.63) is 23.4 Å². The molecule has 0 spiro atoms. The predicted molar refractivity (Wildman–Crippen MR) is 89.9 cm³/mol. The standard InChI is InChI=1S/C17H31N3O/c1-13(2)12-20(9-10-21-6)17-8-7-16(15(5)19-17)11-18-14(3)4/h7-8,13-14,18H,9-12H2,1-6H3. The average Bonchev–Trinajstić information content (AvgIpc) is 2.41. The van der Waals surface area contributed by atoms with Crippen LogP contribution in [0.25, 0.3) is 0 Å². The van der Waals surface area contributed by atoms with Gasteiger partial charge in [-0.2, -0.15) is 0 Å². The highest BCUT2D eigenvalue weighted by molar-refractivity contribution is 5.41. The Morgan fingerprint density at radius 3 is 2.48 bits per heavy atom. The van der Waals surface area contributed by atoms with Crippen LogP contribution >= 0.6 is 0 Å². The zero-order chi connectivity index (χ0) is 15.8. The molecule has 1 heterocycles. The van der Waals surface area contributed by atoms with E-state index >= 15 is 0 Å². The van der Waals surface area contributed by atoms with E-state index in [-0.39, 0.29) is 0 Å². The Morgan fingerprint density at radius 2 is 1.95 bits per heavy atom. The summed E-state index contributed by atoms with van der Waals surface area (Å²) in [6, 6.07) is 4.80. The third-order valence-corrected chi connectivity index (χ3v) is 3.36. The summed E-state index contributed by atoms with van der Waals surface area (Å²) in [6.07, 6.45) is 0. The fourth-order valence-electron chi connectivity index (χ4n) is 2.20. The van der Waals surface area contributed by atoms with Gasteiger partial charge in [-0.1, -0.05) is 33.8 Å². The Kier molecular flexibility index (Phi) is 7.68. The number of nitrogens with zero attached hydrogens (tertiary/aromatic N) is 2. The minimum Gasteiger partial charge on any atom is -0.383 e. The van der Waals surface area contributed by atoms with Gasteiger partial charge < -0.3 is 15.0 Å². The summed E-state index contributed by atoms with van der Waals surface area (Å²) < 4.78 is 5.21. The van der Waals surface area contributed by atoms with Crippen molar-refractivity contribution in [3.63, 3.8) is 0 Å². The van der Waals surface area contributed by atoms with Crippen molar-refractivity contribution in [2.24, 2.45) is 5.92 Å². The molecule has 0 unspecified atom stereocenters. The molecule has 0 aromatic carbocycles. The fraction of sp³-hybridized carbons (Fsp3) is 0.706. The molecule has 1 aromatic rings. The van der Waals surface area contributed by atoms with Crippen molar-refractivity contribution in [3.8, 4) is 0 Å². The summed E-state index contributed by atoms with van der Waals surface area (Å²) in [5.41, 5.74) is 2.37. The first-order chi connectivity index (χ1) is 9.93. The summed E-state index contributed by atoms with van der Waals surface area (Å²) >= 11 is 0. The molecule has 0 bridgehead atoms. The van der Waals surface area contributed by atoms with Gasteiger partial charge in [-0.3, -0.25) is 0 Å². The molecular weight excluding hydrogens is 262 g/mol. The first-order valence-corrected chi connectivity index (χ1v) is 7.87. The molecule has 120 valence electrons. The largest absolute Gasteiger partial charge is 0.383 e. The highest BCUT2D eigenvalue weighted by atomic mass is 16.5. The molecule has 1 rings (SSSR count). The highest BCUT2D eigenvalue weighted by Crippen LogP contribution is 2.16. The Morgan fingerprint density at radius 1 is 1.24 bits per heavy atom. The zero-order valence-corrected chi connectivity index (χ0v) is 14.4. The van der Waals surface area contributed by atoms with Gasteiger partial charge in [-0.25, -0.2) is 4.98 Å². The van der Waals surface area contributed by atoms with Gasteiger partial charge >= 0.3 is 0 Å². The molecule has 4 nitrogen and oxygen atoms in total. The fourth-order valence-corrected chi connectivity index (χ4v) is 2.20. The minimum atomic E-state index is 0.489. The molecule has 0 saturated carbocycles. The van der Waals surface area contributed by atoms with Crippen LogP contribution < -0.4 is 10.2 Å². The second-order valence-electron chi connectivity index (χ2n) is 6.28. The van der Waals surface area contributed by atoms with Gasteiger partial charge in [0.2, 0.25) is 0 Å². The lowest BCUT2D eigenvalue weighted by molar-refractivity contribution is 0.204. The lowest BCUT2D eigenvalue weighted by Crippen LogP contribution is -2.32. The lowest BCUT2D eigenvalue weighted by atomic mass is 10.1. The molecule has 0 atom stereocenters. The summed E-state index contributed by atoms with van der Waals surface area (Å²) in [5.74, 6) is 1.65. The number of rotatable bonds is 9. The summed E-state index contributed by atoms with van der Waals surface area (Å²) in [4.78, 5) is 7.09. The van der Waals surface area contributed by atoms with Gasteiger partial charge in [-0.05, 0) is 24.5 Å². The number of pyridine rings is 1. The van der Waals surface area contributed by atoms with Crippen LogP contribution in [0.1, 0.15) is 39.0 Å². The van der Waals surface area contributed by atoms with E-state index in [2.05, 4.69) is 57.0 Å². The van der Waals surface area contributed by atoms with Crippen LogP contribution in [0.3, 0.4) is 0 Å². The Labute approximate surface area is 129 Å². The first kappa shape index (κ1) is 17.9. The van der Waals surface area contributed by atoms with Crippen LogP contribution in [-0.2, 0) is 11.3 Å². The number of aromatic nitrogens is 1. The van der Waals surface area contributed by atoms with Crippen molar-refractivity contribution in [2.45, 2.75) is 47.2 Å². The molecule has 1 aromatic heterocycles. The summed E-state index contributed by atoms with van der Waals surface area (Å²) in [5, 5.41) is 3.44. The number of hydrogen-bond donors (Lipinski definition) is 1. The highest BCUT2D eigenvalue weighted by Gasteiger charge is 2.11. The molecule has 0 fully saturated rings. The van der Waals surface area contributed by atoms with E-state index < -0.39 is 0 Å². The molecule has 0 aliphatic carbocycles. The van der Waals surface area contributed by atoms with E-state index in [1.165, 1.54) is 5.56 Å². The normalized spacial score (nSPS) is 11.4. The predicted octanol–water partition coefficient (Wildman–Crippen LogP) is 3.00. The Bertz CT molecular complexity index is 418. The SMILES string of the molecule is COCCN(CC(C)C)c1ccc(CNC(C)C)c(C)n1. The van der Waals surface area contributed by atoms with Crippen molar-refractivity contribution in [1.29, 1.82) is 0 Å². The Balaban J connectivity index is 2.81. The van der Waals surface area contributed by atoms with Crippen LogP contribution in [0, 0.1) is 12.8 Å². The average molecular weight is 293 g/mol. The van der Waals surface area contributed by atoms with Crippen molar-refractivity contribution in [2.75, 3.05) is 31.7 Å². The summed E-state index contributed by atoms with van der Waals surface area (Å²) in [7, 11) is 1.74. The van der Waals surface area contributed by atoms with Crippen LogP contribution in [0.2, 0.25) is 0 Å². The topological polar surface area (TPSA) is 37.4 Å². The Hall–Kier alpha value is -1.13. The van der Waals surface area contributed by atoms with Gasteiger partial charge in [0, 0.05) is 38.5 Å². The van der Waals surface area contributed by atoms with E-state index in [4.69, 9.17) is 9.72 Å². The smallest absolute Gasteiger partial charge is 0.128 e. The lowest BCUT2D eigenvalue weighted by Gasteiger charge is -2.26. The maximum Gasteiger partial charge on any atom is 0.128 e. The van der Waals surface area contributed by atoms with Crippen molar-refractivity contribution in [1.82, 2.24) is 10.3 Å². The molecule has 0 radical (unpaired) electrons. The third-order valence-electron chi connectivity index (χ3n) is 3.36. The second kappa shape index (κ2) is 9.00. The maximum absolute atomic E-state index is 5.21. The number of ether oxygens (including phenoxy) is 1. The van der Waals surface area contributed by atoms with Gasteiger partial charge in [0.15, 0.2) is 0 Å². The van der Waals surface area contributed by atoms with Crippen molar-refractivity contribution < 1.29 is 4.74 Å². The quantitative estimate of drug-likeness (QED) is 0.759. The molecule has 0 saturated heterocycles. The maximum atomic E-state index is 5.21. The number of nitrogens with one attached hydrogen (secondary N) is 1. The molecule has 21 heavy (non-hydrogen) atoms. The van der Waals surface area contributed by atoms with Crippen LogP contribution in [0.15, 0.2) is 12.1 Å². The minimum absolute atomic E-state index is 0.489. The monoisotopic (exact) mass is 293 g/mol. The van der Waals surface area contributed by atoms with E-state index in [0.717, 1.165) is 37.8 Å². The zero-order valence-electron chi connectivity index (χ0n) is 14.4. The molecular formula is C17H31N3O. The number of anilines is 1. The second-order valence-corrected chi connectivity index (χ2v) is 6.28. The molecule has 0 aliphatic heterocycles. The number of methoxy groups -OCH3 is 1. The number of aryl methyl sites for hydroxylation is 1. The third kappa shape index (κ3) is 6.44. The molecule has 4 heteroatoms. The van der Waals surface area contributed by atoms with Crippen LogP contribution in [-0.4, -0.2) is 37.8 Å². The molecule has 0 amide bonds. The molecule has 1 N–H and O–H groups in total. The van der Waals surface area contributed by atoms with Crippen LogP contribution in [0.4, 0.5) is 5.82 Å². The van der Waals surface area contributed by atoms with Gasteiger partial charge in [0.25, 0.3) is 0 Å². The molecule has 0 aliphatic rings. The number of hydrogen-bond acceptors (Lipinski definition) is 4. The first-order valence-electron chi connectivity index (χ1n) is 7.87. The van der Waals surface area contributed by atoms with Crippen molar-refractivity contribution >= 4 is 5.82 Å². The van der Waals surface area contributed by atoms with E-state index in [0.29, 0.717) is 12.0 Å². The van der Waals surface area contributed by atoms with E-state index in [1.807, 2.05) is 0 Å². The van der Waals surface area contributed by atoms with Gasteiger partial charge in [-0.15, -0.1) is 0 Å². The van der Waals surface area contributed by atoms with E-state index in [1.54, 1.807) is 7.11 Å². The summed E-state index contributed by atoms with van der Waals surface area (Å²) in [6.45, 7) is 14.3. The van der Waals surface area contributed by atoms with Crippen LogP contribution in [0.5, 0.6) is 0 Å². The van der Waals surface area contributed by atoms with Gasteiger partial charge in [0.1, 0.15) is 5.82 Å².